The van der Waals surface area contributed by atoms with Gasteiger partial charge in [-0.15, -0.1) is 0 Å². The van der Waals surface area contributed by atoms with Gasteiger partial charge in [0.15, 0.2) is 0 Å². The van der Waals surface area contributed by atoms with Crippen LogP contribution in [0.3, 0.4) is 0 Å². The van der Waals surface area contributed by atoms with Crippen molar-refractivity contribution < 1.29 is 14.3 Å². The number of hydrogen-bond acceptors (Lipinski definition) is 3. The van der Waals surface area contributed by atoms with Gasteiger partial charge < -0.3 is 9.58 Å². The maximum absolute atomic E-state index is 12.6. The van der Waals surface area contributed by atoms with E-state index in [1.807, 2.05) is 0 Å². The lowest BCUT2D eigenvalue weighted by Crippen LogP contribution is -2.55. The van der Waals surface area contributed by atoms with Gasteiger partial charge >= 0.3 is 5.97 Å². The Morgan fingerprint density at radius 2 is 1.82 bits per heavy atom. The molecule has 0 unspecified atom stereocenters. The molecule has 4 nitrogen and oxygen atoms in total. The maximum atomic E-state index is 12.6. The second-order valence-electron chi connectivity index (χ2n) is 10.3. The van der Waals surface area contributed by atoms with Crippen LogP contribution in [0.1, 0.15) is 79.1 Å². The molecular formula is C24H33NO3. The molecule has 7 atom stereocenters. The first-order valence-electron chi connectivity index (χ1n) is 10.9. The van der Waals surface area contributed by atoms with E-state index < -0.39 is 5.54 Å². The molecule has 4 heteroatoms. The molecule has 0 aromatic carbocycles. The number of carbonyl (C=O) groups is 2. The number of carbonyl (C=O) groups excluding carboxylic acids is 2. The van der Waals surface area contributed by atoms with Gasteiger partial charge in [-0.3, -0.25) is 9.59 Å². The van der Waals surface area contributed by atoms with E-state index in [4.69, 9.17) is 11.3 Å². The third kappa shape index (κ3) is 2.47. The minimum absolute atomic E-state index is 0.0289. The summed E-state index contributed by atoms with van der Waals surface area (Å²) in [6.07, 6.45) is 10.2. The SMILES string of the molecule is [C-]#[N+][C@@]1(C(C)=O)CC[C@H]2[C@@H]3CC=C4C[C@@H](OC(C)=O)CC[C@]4(C)[C@H]3CC[C@@]21C. The minimum Gasteiger partial charge on any atom is -0.462 e. The highest BCUT2D eigenvalue weighted by atomic mass is 16.5. The van der Waals surface area contributed by atoms with Crippen molar-refractivity contribution in [3.63, 3.8) is 0 Å². The molecule has 0 aliphatic heterocycles. The molecule has 0 saturated heterocycles. The molecule has 0 radical (unpaired) electrons. The number of ketones is 1. The molecule has 3 saturated carbocycles. The second kappa shape index (κ2) is 6.44. The average Bonchev–Trinajstić information content (AvgIpc) is 2.95. The van der Waals surface area contributed by atoms with Gasteiger partial charge in [-0.25, -0.2) is 6.57 Å². The fraction of sp³-hybridized carbons (Fsp3) is 0.792. The van der Waals surface area contributed by atoms with Gasteiger partial charge in [0.2, 0.25) is 5.78 Å². The number of Topliss-reactive ketones (excluding diaryl/α,β-unsaturated/α-hetero) is 1. The Bertz CT molecular complexity index is 779. The summed E-state index contributed by atoms with van der Waals surface area (Å²) in [4.78, 5) is 27.9. The molecule has 0 bridgehead atoms. The third-order valence-corrected chi connectivity index (χ3v) is 9.32. The highest BCUT2D eigenvalue weighted by Crippen LogP contribution is 2.68. The summed E-state index contributed by atoms with van der Waals surface area (Å²) in [6, 6.07) is 0. The molecule has 3 fully saturated rings. The molecule has 152 valence electrons. The lowest BCUT2D eigenvalue weighted by atomic mass is 9.46. The molecule has 0 N–H and O–H groups in total. The molecule has 4 rings (SSSR count). The number of fused-ring (bicyclic) bond motifs is 5. The molecule has 28 heavy (non-hydrogen) atoms. The molecule has 0 amide bonds. The van der Waals surface area contributed by atoms with E-state index in [0.717, 1.165) is 51.4 Å². The van der Waals surface area contributed by atoms with Gasteiger partial charge in [-0.05, 0) is 61.7 Å². The lowest BCUT2D eigenvalue weighted by Gasteiger charge is -2.57. The smallest absolute Gasteiger partial charge is 0.302 e. The monoisotopic (exact) mass is 383 g/mol. The van der Waals surface area contributed by atoms with E-state index in [1.54, 1.807) is 6.92 Å². The van der Waals surface area contributed by atoms with E-state index >= 15 is 0 Å². The summed E-state index contributed by atoms with van der Waals surface area (Å²) < 4.78 is 5.52. The first-order chi connectivity index (χ1) is 13.2. The number of esters is 1. The molecule has 4 aliphatic carbocycles. The summed E-state index contributed by atoms with van der Waals surface area (Å²) in [5, 5.41) is 0. The van der Waals surface area contributed by atoms with Crippen LogP contribution in [0.25, 0.3) is 4.85 Å². The largest absolute Gasteiger partial charge is 0.462 e. The van der Waals surface area contributed by atoms with Crippen LogP contribution in [0.5, 0.6) is 0 Å². The van der Waals surface area contributed by atoms with Crippen molar-refractivity contribution in [2.75, 3.05) is 0 Å². The van der Waals surface area contributed by atoms with Crippen molar-refractivity contribution in [3.05, 3.63) is 23.1 Å². The predicted molar refractivity (Wildman–Crippen MR) is 107 cm³/mol. The predicted octanol–water partition coefficient (Wildman–Crippen LogP) is 5.13. The number of rotatable bonds is 2. The van der Waals surface area contributed by atoms with Crippen LogP contribution < -0.4 is 0 Å². The van der Waals surface area contributed by atoms with Gasteiger partial charge in [0, 0.05) is 26.7 Å². The Morgan fingerprint density at radius 3 is 2.46 bits per heavy atom. The summed E-state index contributed by atoms with van der Waals surface area (Å²) >= 11 is 0. The molecule has 0 aromatic heterocycles. The third-order valence-electron chi connectivity index (χ3n) is 9.32. The van der Waals surface area contributed by atoms with Crippen LogP contribution in [0.15, 0.2) is 11.6 Å². The van der Waals surface area contributed by atoms with Crippen molar-refractivity contribution >= 4 is 11.8 Å². The quantitative estimate of drug-likeness (QED) is 0.377. The van der Waals surface area contributed by atoms with Crippen molar-refractivity contribution in [3.8, 4) is 0 Å². The number of ether oxygens (including phenoxy) is 1. The van der Waals surface area contributed by atoms with Crippen LogP contribution in [0.2, 0.25) is 0 Å². The molecular weight excluding hydrogens is 350 g/mol. The van der Waals surface area contributed by atoms with Gasteiger partial charge in [0.1, 0.15) is 6.10 Å². The fourth-order valence-corrected chi connectivity index (χ4v) is 7.82. The Kier molecular flexibility index (Phi) is 4.53. The summed E-state index contributed by atoms with van der Waals surface area (Å²) in [6.45, 7) is 15.7. The number of hydrogen-bond donors (Lipinski definition) is 0. The topological polar surface area (TPSA) is 47.7 Å². The Morgan fingerprint density at radius 1 is 1.11 bits per heavy atom. The highest BCUT2D eigenvalue weighted by molar-refractivity contribution is 5.89. The molecule has 0 spiro atoms. The lowest BCUT2D eigenvalue weighted by molar-refractivity contribution is -0.149. The Balaban J connectivity index is 1.63. The van der Waals surface area contributed by atoms with Gasteiger partial charge in [0.25, 0.3) is 5.54 Å². The summed E-state index contributed by atoms with van der Waals surface area (Å²) in [7, 11) is 0. The first kappa shape index (κ1) is 19.7. The average molecular weight is 384 g/mol. The zero-order valence-corrected chi connectivity index (χ0v) is 17.7. The maximum Gasteiger partial charge on any atom is 0.302 e. The fourth-order valence-electron chi connectivity index (χ4n) is 7.82. The van der Waals surface area contributed by atoms with Gasteiger partial charge in [-0.1, -0.05) is 25.5 Å². The Labute approximate surface area is 168 Å². The summed E-state index contributed by atoms with van der Waals surface area (Å²) in [5.41, 5.74) is 0.676. The van der Waals surface area contributed by atoms with E-state index in [1.165, 1.54) is 12.5 Å². The first-order valence-corrected chi connectivity index (χ1v) is 10.9. The zero-order chi connectivity index (χ0) is 20.3. The van der Waals surface area contributed by atoms with E-state index in [0.29, 0.717) is 17.8 Å². The number of allylic oxidation sites excluding steroid dienone is 1. The van der Waals surface area contributed by atoms with Crippen molar-refractivity contribution in [1.82, 2.24) is 0 Å². The van der Waals surface area contributed by atoms with Crippen LogP contribution in [0.4, 0.5) is 0 Å². The van der Waals surface area contributed by atoms with Crippen LogP contribution in [0, 0.1) is 35.2 Å². The normalized spacial score (nSPS) is 47.0. The van der Waals surface area contributed by atoms with Crippen LogP contribution >= 0.6 is 0 Å². The summed E-state index contributed by atoms with van der Waals surface area (Å²) in [5.74, 6) is 1.55. The molecule has 0 heterocycles. The van der Waals surface area contributed by atoms with E-state index in [9.17, 15) is 9.59 Å². The highest BCUT2D eigenvalue weighted by Gasteiger charge is 2.70. The van der Waals surface area contributed by atoms with E-state index in [-0.39, 0.29) is 28.7 Å². The van der Waals surface area contributed by atoms with Gasteiger partial charge in [-0.2, -0.15) is 0 Å². The number of nitrogens with zero attached hydrogens (tertiary/aromatic N) is 1. The Hall–Kier alpha value is -1.63. The van der Waals surface area contributed by atoms with Gasteiger partial charge in [0.05, 0.1) is 5.41 Å². The molecule has 0 aromatic rings. The van der Waals surface area contributed by atoms with Crippen LogP contribution in [-0.4, -0.2) is 23.4 Å². The molecule has 4 aliphatic rings. The zero-order valence-electron chi connectivity index (χ0n) is 17.7. The van der Waals surface area contributed by atoms with Crippen molar-refractivity contribution in [2.45, 2.75) is 90.7 Å². The van der Waals surface area contributed by atoms with E-state index in [2.05, 4.69) is 24.8 Å². The minimum atomic E-state index is -0.805. The van der Waals surface area contributed by atoms with Crippen molar-refractivity contribution in [2.24, 2.45) is 28.6 Å². The second-order valence-corrected chi connectivity index (χ2v) is 10.3. The van der Waals surface area contributed by atoms with Crippen molar-refractivity contribution in [1.29, 1.82) is 0 Å². The van der Waals surface area contributed by atoms with Crippen LogP contribution in [-0.2, 0) is 14.3 Å². The standard InChI is InChI=1S/C24H33NO3/c1-15(26)24(25-5)13-10-21-19-7-6-17-14-18(28-16(2)27)8-11-22(17,3)20(19)9-12-23(21,24)4/h6,18-21H,7-14H2,1-4H3/t18-,19+,20-,21-,22-,23-,24+/m0/s1.